The highest BCUT2D eigenvalue weighted by molar-refractivity contribution is 5.75. The number of hydrogen-bond acceptors (Lipinski definition) is 4. The quantitative estimate of drug-likeness (QED) is 0.598. The van der Waals surface area contributed by atoms with Gasteiger partial charge in [-0.2, -0.15) is 5.10 Å². The first-order chi connectivity index (χ1) is 8.20. The molecule has 17 heavy (non-hydrogen) atoms. The molecule has 0 saturated heterocycles. The summed E-state index contributed by atoms with van der Waals surface area (Å²) in [6.07, 6.45) is 1.44. The van der Waals surface area contributed by atoms with Gasteiger partial charge in [-0.1, -0.05) is 17.3 Å². The van der Waals surface area contributed by atoms with Crippen molar-refractivity contribution in [2.75, 3.05) is 7.11 Å². The Bertz CT molecular complexity index is 550. The third-order valence-corrected chi connectivity index (χ3v) is 2.15. The molecular weight excluding hydrogens is 223 g/mol. The molecule has 0 aliphatic heterocycles. The summed E-state index contributed by atoms with van der Waals surface area (Å²) in [5, 5.41) is 7.77. The lowest BCUT2D eigenvalue weighted by Crippen LogP contribution is -1.97. The van der Waals surface area contributed by atoms with Crippen LogP contribution < -0.4 is 0 Å². The minimum absolute atomic E-state index is 0.318. The number of benzene rings is 1. The summed E-state index contributed by atoms with van der Waals surface area (Å²) >= 11 is 0. The predicted molar refractivity (Wildman–Crippen MR) is 61.0 cm³/mol. The normalized spacial score (nSPS) is 11.0. The van der Waals surface area contributed by atoms with Crippen molar-refractivity contribution >= 4 is 6.21 Å². The first kappa shape index (κ1) is 11.3. The van der Waals surface area contributed by atoms with Gasteiger partial charge >= 0.3 is 0 Å². The lowest BCUT2D eigenvalue weighted by atomic mass is 10.2. The van der Waals surface area contributed by atoms with E-state index in [2.05, 4.69) is 20.1 Å². The molecule has 1 aromatic heterocycles. The van der Waals surface area contributed by atoms with E-state index >= 15 is 0 Å². The first-order valence-corrected chi connectivity index (χ1v) is 4.94. The second kappa shape index (κ2) is 4.73. The molecule has 0 saturated carbocycles. The van der Waals surface area contributed by atoms with E-state index in [4.69, 9.17) is 0 Å². The van der Waals surface area contributed by atoms with Crippen LogP contribution in [-0.2, 0) is 11.9 Å². The molecule has 0 aliphatic carbocycles. The van der Waals surface area contributed by atoms with Crippen molar-refractivity contribution in [3.8, 4) is 11.4 Å². The Kier molecular flexibility index (Phi) is 3.13. The Morgan fingerprint density at radius 1 is 1.47 bits per heavy atom. The summed E-state index contributed by atoms with van der Waals surface area (Å²) in [7, 11) is 3.17. The van der Waals surface area contributed by atoms with Crippen LogP contribution in [0.1, 0.15) is 5.82 Å². The fraction of sp³-hybridized carbons (Fsp3) is 0.182. The molecule has 0 bridgehead atoms. The summed E-state index contributed by atoms with van der Waals surface area (Å²) in [4.78, 5) is 8.78. The third kappa shape index (κ3) is 2.47. The number of aryl methyl sites for hydroxylation is 1. The molecule has 0 N–H and O–H groups in total. The molecule has 88 valence electrons. The molecule has 1 aromatic carbocycles. The number of halogens is 1. The standard InChI is InChI=1S/C11H11FN4O/c1-16-10(7-13-17-2)14-11(15-16)8-4-3-5-9(12)6-8/h3-7H,1-2H3. The Morgan fingerprint density at radius 3 is 3.00 bits per heavy atom. The summed E-state index contributed by atoms with van der Waals surface area (Å²) in [6, 6.07) is 6.12. The fourth-order valence-corrected chi connectivity index (χ4v) is 1.36. The molecular formula is C11H11FN4O. The summed E-state index contributed by atoms with van der Waals surface area (Å²) in [6.45, 7) is 0. The average molecular weight is 234 g/mol. The first-order valence-electron chi connectivity index (χ1n) is 4.94. The van der Waals surface area contributed by atoms with E-state index in [-0.39, 0.29) is 5.82 Å². The van der Waals surface area contributed by atoms with Crippen molar-refractivity contribution < 1.29 is 9.23 Å². The van der Waals surface area contributed by atoms with Gasteiger partial charge in [0.1, 0.15) is 19.1 Å². The third-order valence-electron chi connectivity index (χ3n) is 2.15. The minimum Gasteiger partial charge on any atom is -0.399 e. The van der Waals surface area contributed by atoms with Gasteiger partial charge < -0.3 is 4.84 Å². The molecule has 0 amide bonds. The van der Waals surface area contributed by atoms with Crippen LogP contribution >= 0.6 is 0 Å². The van der Waals surface area contributed by atoms with Crippen molar-refractivity contribution in [3.05, 3.63) is 35.9 Å². The van der Waals surface area contributed by atoms with Crippen LogP contribution in [-0.4, -0.2) is 28.1 Å². The van der Waals surface area contributed by atoms with Crippen LogP contribution in [0.2, 0.25) is 0 Å². The summed E-state index contributed by atoms with van der Waals surface area (Å²) in [5.41, 5.74) is 0.623. The maximum atomic E-state index is 13.1. The highest BCUT2D eigenvalue weighted by Gasteiger charge is 2.08. The zero-order chi connectivity index (χ0) is 12.3. The van der Waals surface area contributed by atoms with Crippen molar-refractivity contribution in [3.63, 3.8) is 0 Å². The zero-order valence-electron chi connectivity index (χ0n) is 9.46. The van der Waals surface area contributed by atoms with E-state index < -0.39 is 0 Å². The van der Waals surface area contributed by atoms with Crippen molar-refractivity contribution in [1.82, 2.24) is 14.8 Å². The van der Waals surface area contributed by atoms with Gasteiger partial charge in [0.25, 0.3) is 0 Å². The van der Waals surface area contributed by atoms with Gasteiger partial charge in [-0.3, -0.25) is 0 Å². The van der Waals surface area contributed by atoms with E-state index in [9.17, 15) is 4.39 Å². The van der Waals surface area contributed by atoms with E-state index in [1.54, 1.807) is 23.9 Å². The minimum atomic E-state index is -0.318. The van der Waals surface area contributed by atoms with Crippen LogP contribution in [0.15, 0.2) is 29.4 Å². The molecule has 0 atom stereocenters. The zero-order valence-corrected chi connectivity index (χ0v) is 9.46. The Morgan fingerprint density at radius 2 is 2.29 bits per heavy atom. The maximum absolute atomic E-state index is 13.1. The predicted octanol–water partition coefficient (Wildman–Crippen LogP) is 1.60. The molecule has 5 nitrogen and oxygen atoms in total. The van der Waals surface area contributed by atoms with Gasteiger partial charge in [0, 0.05) is 12.6 Å². The van der Waals surface area contributed by atoms with Gasteiger partial charge in [0.2, 0.25) is 0 Å². The van der Waals surface area contributed by atoms with E-state index in [1.807, 2.05) is 0 Å². The Balaban J connectivity index is 2.37. The van der Waals surface area contributed by atoms with E-state index in [0.717, 1.165) is 0 Å². The van der Waals surface area contributed by atoms with E-state index in [0.29, 0.717) is 17.2 Å². The number of rotatable bonds is 3. The molecule has 0 spiro atoms. The number of hydrogen-bond donors (Lipinski definition) is 0. The lowest BCUT2D eigenvalue weighted by molar-refractivity contribution is 0.215. The molecule has 6 heteroatoms. The van der Waals surface area contributed by atoms with Crippen molar-refractivity contribution in [1.29, 1.82) is 0 Å². The van der Waals surface area contributed by atoms with Crippen LogP contribution in [0, 0.1) is 5.82 Å². The molecule has 0 fully saturated rings. The van der Waals surface area contributed by atoms with Gasteiger partial charge in [-0.15, -0.1) is 0 Å². The fourth-order valence-electron chi connectivity index (χ4n) is 1.36. The topological polar surface area (TPSA) is 52.3 Å². The van der Waals surface area contributed by atoms with Crippen molar-refractivity contribution in [2.45, 2.75) is 0 Å². The number of nitrogens with zero attached hydrogens (tertiary/aromatic N) is 4. The average Bonchev–Trinajstić information content (AvgIpc) is 2.68. The second-order valence-corrected chi connectivity index (χ2v) is 3.34. The van der Waals surface area contributed by atoms with Gasteiger partial charge in [-0.25, -0.2) is 14.1 Å². The number of oxime groups is 1. The Labute approximate surface area is 97.5 Å². The SMILES string of the molecule is CON=Cc1nc(-c2cccc(F)c2)nn1C. The van der Waals surface area contributed by atoms with Gasteiger partial charge in [-0.05, 0) is 12.1 Å². The Hall–Kier alpha value is -2.24. The van der Waals surface area contributed by atoms with E-state index in [1.165, 1.54) is 25.5 Å². The highest BCUT2D eigenvalue weighted by Crippen LogP contribution is 2.15. The van der Waals surface area contributed by atoms with Crippen molar-refractivity contribution in [2.24, 2.45) is 12.2 Å². The summed E-state index contributed by atoms with van der Waals surface area (Å²) < 4.78 is 14.6. The molecule has 1 heterocycles. The largest absolute Gasteiger partial charge is 0.399 e. The van der Waals surface area contributed by atoms with Crippen LogP contribution in [0.25, 0.3) is 11.4 Å². The molecule has 2 aromatic rings. The highest BCUT2D eigenvalue weighted by atomic mass is 19.1. The molecule has 0 unspecified atom stereocenters. The number of aromatic nitrogens is 3. The molecule has 0 aliphatic rings. The van der Waals surface area contributed by atoms with Gasteiger partial charge in [0.15, 0.2) is 11.6 Å². The van der Waals surface area contributed by atoms with Gasteiger partial charge in [0.05, 0.1) is 0 Å². The lowest BCUT2D eigenvalue weighted by Gasteiger charge is -1.93. The summed E-state index contributed by atoms with van der Waals surface area (Å²) in [5.74, 6) is 0.665. The van der Waals surface area contributed by atoms with Crippen LogP contribution in [0.4, 0.5) is 4.39 Å². The smallest absolute Gasteiger partial charge is 0.181 e. The second-order valence-electron chi connectivity index (χ2n) is 3.34. The van der Waals surface area contributed by atoms with Crippen LogP contribution in [0.5, 0.6) is 0 Å². The molecule has 0 radical (unpaired) electrons. The maximum Gasteiger partial charge on any atom is 0.181 e. The molecule has 2 rings (SSSR count). The monoisotopic (exact) mass is 234 g/mol. The van der Waals surface area contributed by atoms with Crippen LogP contribution in [0.3, 0.4) is 0 Å².